The van der Waals surface area contributed by atoms with Crippen LogP contribution in [0.1, 0.15) is 41.3 Å². The molecule has 0 saturated carbocycles. The van der Waals surface area contributed by atoms with E-state index in [0.717, 1.165) is 38.4 Å². The molecule has 1 N–H and O–H groups in total. The molecule has 2 aromatic rings. The topological polar surface area (TPSA) is 78.7 Å². The van der Waals surface area contributed by atoms with Gasteiger partial charge in [0.25, 0.3) is 11.6 Å². The zero-order chi connectivity index (χ0) is 21.0. The lowest BCUT2D eigenvalue weighted by atomic mass is 10.0. The molecule has 7 nitrogen and oxygen atoms in total. The number of nitrogens with zero attached hydrogens (tertiary/aromatic N) is 3. The third kappa shape index (κ3) is 4.92. The Labute approximate surface area is 171 Å². The van der Waals surface area contributed by atoms with Gasteiger partial charge in [0, 0.05) is 51.9 Å². The highest BCUT2D eigenvalue weighted by molar-refractivity contribution is 6.00. The molecule has 0 radical (unpaired) electrons. The molecule has 2 aromatic carbocycles. The number of anilines is 1. The van der Waals surface area contributed by atoms with E-state index in [0.29, 0.717) is 11.5 Å². The van der Waals surface area contributed by atoms with Gasteiger partial charge in [0.2, 0.25) is 0 Å². The molecule has 0 aliphatic carbocycles. The minimum Gasteiger partial charge on any atom is -0.368 e. The third-order valence-electron chi connectivity index (χ3n) is 5.43. The summed E-state index contributed by atoms with van der Waals surface area (Å²) in [5, 5.41) is 13.7. The molecule has 154 valence electrons. The molecule has 7 heteroatoms. The van der Waals surface area contributed by atoms with Crippen molar-refractivity contribution >= 4 is 17.3 Å². The maximum Gasteiger partial charge on any atom is 0.270 e. The standard InChI is InChI=1S/C22H28N4O3/c1-16(2)18-6-4-17(5-7-18)15-24-10-12-25(13-11-24)21-9-8-19(26(28)29)14-20(21)22(27)23-3/h4-9,14,16H,10-13,15H2,1-3H3,(H,23,27). The number of nitro benzene ring substituents is 1. The predicted octanol–water partition coefficient (Wildman–Crippen LogP) is 3.40. The average molecular weight is 396 g/mol. The van der Waals surface area contributed by atoms with Gasteiger partial charge in [0.05, 0.1) is 16.2 Å². The van der Waals surface area contributed by atoms with Crippen LogP contribution in [0, 0.1) is 10.1 Å². The van der Waals surface area contributed by atoms with Crippen LogP contribution in [0.4, 0.5) is 11.4 Å². The number of hydrogen-bond acceptors (Lipinski definition) is 5. The van der Waals surface area contributed by atoms with Crippen LogP contribution in [0.15, 0.2) is 42.5 Å². The molecular formula is C22H28N4O3. The van der Waals surface area contributed by atoms with Crippen LogP contribution in [0.3, 0.4) is 0 Å². The number of non-ortho nitro benzene ring substituents is 1. The fourth-order valence-electron chi connectivity index (χ4n) is 3.64. The molecule has 1 heterocycles. The zero-order valence-electron chi connectivity index (χ0n) is 17.2. The van der Waals surface area contributed by atoms with Crippen molar-refractivity contribution in [1.82, 2.24) is 10.2 Å². The summed E-state index contributed by atoms with van der Waals surface area (Å²) in [6.07, 6.45) is 0. The fourth-order valence-corrected chi connectivity index (χ4v) is 3.64. The number of amides is 1. The van der Waals surface area contributed by atoms with Crippen molar-refractivity contribution in [3.63, 3.8) is 0 Å². The molecule has 0 spiro atoms. The van der Waals surface area contributed by atoms with E-state index in [2.05, 4.69) is 53.2 Å². The van der Waals surface area contributed by atoms with Crippen molar-refractivity contribution < 1.29 is 9.72 Å². The number of rotatable bonds is 6. The summed E-state index contributed by atoms with van der Waals surface area (Å²) in [7, 11) is 1.54. The minimum absolute atomic E-state index is 0.0733. The molecule has 3 rings (SSSR count). The summed E-state index contributed by atoms with van der Waals surface area (Å²) in [4.78, 5) is 27.4. The highest BCUT2D eigenvalue weighted by Gasteiger charge is 2.23. The first-order valence-electron chi connectivity index (χ1n) is 9.95. The van der Waals surface area contributed by atoms with Gasteiger partial charge < -0.3 is 10.2 Å². The lowest BCUT2D eigenvalue weighted by Crippen LogP contribution is -2.46. The molecule has 0 unspecified atom stereocenters. The van der Waals surface area contributed by atoms with Crippen molar-refractivity contribution in [2.45, 2.75) is 26.3 Å². The van der Waals surface area contributed by atoms with Crippen molar-refractivity contribution in [1.29, 1.82) is 0 Å². The summed E-state index contributed by atoms with van der Waals surface area (Å²) in [5.41, 5.74) is 3.66. The molecule has 1 aliphatic heterocycles. The Morgan fingerprint density at radius 2 is 1.76 bits per heavy atom. The van der Waals surface area contributed by atoms with Crippen LogP contribution >= 0.6 is 0 Å². The zero-order valence-corrected chi connectivity index (χ0v) is 17.2. The van der Waals surface area contributed by atoms with Gasteiger partial charge in [-0.1, -0.05) is 38.1 Å². The summed E-state index contributed by atoms with van der Waals surface area (Å²) in [6.45, 7) is 8.57. The third-order valence-corrected chi connectivity index (χ3v) is 5.43. The van der Waals surface area contributed by atoms with Crippen molar-refractivity contribution in [2.24, 2.45) is 0 Å². The first-order valence-corrected chi connectivity index (χ1v) is 9.95. The Bertz CT molecular complexity index is 872. The van der Waals surface area contributed by atoms with Crippen LogP contribution in [0.5, 0.6) is 0 Å². The van der Waals surface area contributed by atoms with Crippen LogP contribution < -0.4 is 10.2 Å². The molecule has 1 aliphatic rings. The van der Waals surface area contributed by atoms with Crippen molar-refractivity contribution in [3.05, 3.63) is 69.3 Å². The van der Waals surface area contributed by atoms with Gasteiger partial charge in [-0.3, -0.25) is 19.8 Å². The molecule has 0 bridgehead atoms. The maximum absolute atomic E-state index is 12.3. The Balaban J connectivity index is 1.67. The number of benzene rings is 2. The molecule has 0 aromatic heterocycles. The number of nitrogens with one attached hydrogen (secondary N) is 1. The van der Waals surface area contributed by atoms with Crippen LogP contribution in [0.2, 0.25) is 0 Å². The normalized spacial score (nSPS) is 14.8. The summed E-state index contributed by atoms with van der Waals surface area (Å²) < 4.78 is 0. The summed E-state index contributed by atoms with van der Waals surface area (Å²) in [6, 6.07) is 13.3. The number of hydrogen-bond donors (Lipinski definition) is 1. The molecule has 1 saturated heterocycles. The number of carbonyl (C=O) groups is 1. The van der Waals surface area contributed by atoms with E-state index >= 15 is 0 Å². The van der Waals surface area contributed by atoms with Gasteiger partial charge in [-0.15, -0.1) is 0 Å². The molecule has 1 amide bonds. The first-order chi connectivity index (χ1) is 13.9. The Kier molecular flexibility index (Phi) is 6.49. The van der Waals surface area contributed by atoms with Gasteiger partial charge in [-0.05, 0) is 23.1 Å². The number of carbonyl (C=O) groups excluding carboxylic acids is 1. The highest BCUT2D eigenvalue weighted by Crippen LogP contribution is 2.27. The van der Waals surface area contributed by atoms with Crippen LogP contribution in [-0.4, -0.2) is 49.0 Å². The summed E-state index contributed by atoms with van der Waals surface area (Å²) >= 11 is 0. The van der Waals surface area contributed by atoms with Crippen molar-refractivity contribution in [3.8, 4) is 0 Å². The SMILES string of the molecule is CNC(=O)c1cc([N+](=O)[O-])ccc1N1CCN(Cc2ccc(C(C)C)cc2)CC1. The van der Waals surface area contributed by atoms with Crippen LogP contribution in [-0.2, 0) is 6.54 Å². The van der Waals surface area contributed by atoms with E-state index < -0.39 is 4.92 Å². The van der Waals surface area contributed by atoms with Gasteiger partial charge in [-0.25, -0.2) is 0 Å². The second kappa shape index (κ2) is 9.05. The van der Waals surface area contributed by atoms with E-state index in [1.807, 2.05) is 0 Å². The monoisotopic (exact) mass is 396 g/mol. The van der Waals surface area contributed by atoms with Crippen LogP contribution in [0.25, 0.3) is 0 Å². The Morgan fingerprint density at radius 1 is 1.10 bits per heavy atom. The lowest BCUT2D eigenvalue weighted by Gasteiger charge is -2.36. The maximum atomic E-state index is 12.3. The van der Waals surface area contributed by atoms with Gasteiger partial charge in [0.1, 0.15) is 0 Å². The molecule has 0 atom stereocenters. The van der Waals surface area contributed by atoms with E-state index in [4.69, 9.17) is 0 Å². The molecule has 29 heavy (non-hydrogen) atoms. The quantitative estimate of drug-likeness (QED) is 0.598. The largest absolute Gasteiger partial charge is 0.368 e. The van der Waals surface area contributed by atoms with Gasteiger partial charge in [-0.2, -0.15) is 0 Å². The Morgan fingerprint density at radius 3 is 2.31 bits per heavy atom. The van der Waals surface area contributed by atoms with E-state index in [9.17, 15) is 14.9 Å². The number of nitro groups is 1. The predicted molar refractivity (Wildman–Crippen MR) is 115 cm³/mol. The second-order valence-corrected chi connectivity index (χ2v) is 7.70. The van der Waals surface area contributed by atoms with Gasteiger partial charge in [0.15, 0.2) is 0 Å². The van der Waals surface area contributed by atoms with E-state index in [1.54, 1.807) is 6.07 Å². The fraction of sp³-hybridized carbons (Fsp3) is 0.409. The number of piperazine rings is 1. The molecular weight excluding hydrogens is 368 g/mol. The molecule has 1 fully saturated rings. The van der Waals surface area contributed by atoms with Gasteiger partial charge >= 0.3 is 0 Å². The second-order valence-electron chi connectivity index (χ2n) is 7.70. The highest BCUT2D eigenvalue weighted by atomic mass is 16.6. The summed E-state index contributed by atoms with van der Waals surface area (Å²) in [5.74, 6) is 0.222. The van der Waals surface area contributed by atoms with E-state index in [-0.39, 0.29) is 11.6 Å². The van der Waals surface area contributed by atoms with Crippen molar-refractivity contribution in [2.75, 3.05) is 38.1 Å². The Hall–Kier alpha value is -2.93. The first kappa shape index (κ1) is 20.8. The lowest BCUT2D eigenvalue weighted by molar-refractivity contribution is -0.384. The van der Waals surface area contributed by atoms with E-state index in [1.165, 1.54) is 30.3 Å². The smallest absolute Gasteiger partial charge is 0.270 e. The minimum atomic E-state index is -0.473. The average Bonchev–Trinajstić information content (AvgIpc) is 2.73.